The molecule has 3 aromatic rings. The third-order valence-corrected chi connectivity index (χ3v) is 6.75. The zero-order valence-electron chi connectivity index (χ0n) is 20.7. The molecule has 0 N–H and O–H groups in total. The maximum absolute atomic E-state index is 13.4. The molecule has 1 amide bonds. The summed E-state index contributed by atoms with van der Waals surface area (Å²) in [5.41, 5.74) is 2.77. The second-order valence-electron chi connectivity index (χ2n) is 8.80. The van der Waals surface area contributed by atoms with Crippen LogP contribution < -0.4 is 9.47 Å². The molecule has 36 heavy (non-hydrogen) atoms. The number of hydrogen-bond donors (Lipinski definition) is 0. The highest BCUT2D eigenvalue weighted by Crippen LogP contribution is 2.29. The van der Waals surface area contributed by atoms with Crippen molar-refractivity contribution in [3.63, 3.8) is 0 Å². The fourth-order valence-electron chi connectivity index (χ4n) is 4.22. The SMILES string of the molecule is COc1cc(CN(CCCN2CCOCC2)C(=O)c2ccc(Br)cc2)ccc1OCc1ccccc1. The van der Waals surface area contributed by atoms with Crippen LogP contribution in [0.5, 0.6) is 11.5 Å². The molecule has 0 aliphatic carbocycles. The Kier molecular flexibility index (Phi) is 9.78. The number of nitrogens with zero attached hydrogens (tertiary/aromatic N) is 2. The fourth-order valence-corrected chi connectivity index (χ4v) is 4.49. The minimum Gasteiger partial charge on any atom is -0.493 e. The summed E-state index contributed by atoms with van der Waals surface area (Å²) >= 11 is 3.46. The van der Waals surface area contributed by atoms with Crippen LogP contribution in [0.25, 0.3) is 0 Å². The van der Waals surface area contributed by atoms with Crippen molar-refractivity contribution >= 4 is 21.8 Å². The molecule has 7 heteroatoms. The molecule has 1 aliphatic heterocycles. The normalized spacial score (nSPS) is 13.8. The predicted molar refractivity (Wildman–Crippen MR) is 145 cm³/mol. The molecule has 6 nitrogen and oxygen atoms in total. The minimum atomic E-state index is 0.0212. The van der Waals surface area contributed by atoms with Crippen molar-refractivity contribution in [1.29, 1.82) is 0 Å². The molecule has 0 aromatic heterocycles. The van der Waals surface area contributed by atoms with E-state index in [9.17, 15) is 4.79 Å². The van der Waals surface area contributed by atoms with Crippen LogP contribution in [-0.4, -0.2) is 62.2 Å². The maximum atomic E-state index is 13.4. The first-order valence-corrected chi connectivity index (χ1v) is 13.1. The molecule has 0 atom stereocenters. The molecule has 1 saturated heterocycles. The molecular weight excluding hydrogens is 520 g/mol. The highest BCUT2D eigenvalue weighted by Gasteiger charge is 2.18. The number of methoxy groups -OCH3 is 1. The van der Waals surface area contributed by atoms with Crippen molar-refractivity contribution < 1.29 is 19.0 Å². The van der Waals surface area contributed by atoms with Crippen molar-refractivity contribution in [2.75, 3.05) is 46.5 Å². The number of hydrogen-bond acceptors (Lipinski definition) is 5. The second-order valence-corrected chi connectivity index (χ2v) is 9.72. The lowest BCUT2D eigenvalue weighted by molar-refractivity contribution is 0.0355. The zero-order valence-corrected chi connectivity index (χ0v) is 22.3. The van der Waals surface area contributed by atoms with Gasteiger partial charge in [0.1, 0.15) is 6.61 Å². The number of carbonyl (C=O) groups is 1. The van der Waals surface area contributed by atoms with E-state index >= 15 is 0 Å². The first-order valence-electron chi connectivity index (χ1n) is 12.3. The Labute approximate surface area is 221 Å². The second kappa shape index (κ2) is 13.4. The quantitative estimate of drug-likeness (QED) is 0.318. The molecule has 1 fully saturated rings. The lowest BCUT2D eigenvalue weighted by atomic mass is 10.1. The highest BCUT2D eigenvalue weighted by molar-refractivity contribution is 9.10. The van der Waals surface area contributed by atoms with Gasteiger partial charge in [-0.3, -0.25) is 9.69 Å². The lowest BCUT2D eigenvalue weighted by Crippen LogP contribution is -2.39. The van der Waals surface area contributed by atoms with E-state index < -0.39 is 0 Å². The van der Waals surface area contributed by atoms with Crippen LogP contribution >= 0.6 is 15.9 Å². The molecule has 0 radical (unpaired) electrons. The molecular formula is C29H33BrN2O4. The van der Waals surface area contributed by atoms with Gasteiger partial charge in [-0.25, -0.2) is 0 Å². The Morgan fingerprint density at radius 2 is 1.72 bits per heavy atom. The first kappa shape index (κ1) is 26.2. The van der Waals surface area contributed by atoms with Crippen LogP contribution in [0.2, 0.25) is 0 Å². The van der Waals surface area contributed by atoms with E-state index in [1.807, 2.05) is 77.7 Å². The van der Waals surface area contributed by atoms with Crippen molar-refractivity contribution in [1.82, 2.24) is 9.80 Å². The largest absolute Gasteiger partial charge is 0.493 e. The van der Waals surface area contributed by atoms with Crippen molar-refractivity contribution in [2.45, 2.75) is 19.6 Å². The topological polar surface area (TPSA) is 51.2 Å². The zero-order chi connectivity index (χ0) is 25.2. The van der Waals surface area contributed by atoms with Gasteiger partial charge in [-0.1, -0.05) is 52.3 Å². The van der Waals surface area contributed by atoms with Gasteiger partial charge in [-0.15, -0.1) is 0 Å². The minimum absolute atomic E-state index is 0.0212. The summed E-state index contributed by atoms with van der Waals surface area (Å²) in [7, 11) is 1.64. The van der Waals surface area contributed by atoms with Gasteiger partial charge >= 0.3 is 0 Å². The Morgan fingerprint density at radius 3 is 2.44 bits per heavy atom. The van der Waals surface area contributed by atoms with E-state index in [1.165, 1.54) is 0 Å². The Bertz CT molecular complexity index is 1100. The van der Waals surface area contributed by atoms with Crippen LogP contribution in [0.4, 0.5) is 0 Å². The standard InChI is InChI=1S/C29H33BrN2O4/c1-34-28-20-24(8-13-27(28)36-22-23-6-3-2-4-7-23)21-32(15-5-14-31-16-18-35-19-17-31)29(33)25-9-11-26(30)12-10-25/h2-4,6-13,20H,5,14-19,21-22H2,1H3. The summed E-state index contributed by atoms with van der Waals surface area (Å²) < 4.78 is 18.0. The van der Waals surface area contributed by atoms with Crippen LogP contribution in [0, 0.1) is 0 Å². The van der Waals surface area contributed by atoms with Crippen LogP contribution in [0.3, 0.4) is 0 Å². The predicted octanol–water partition coefficient (Wildman–Crippen LogP) is 5.40. The Hall–Kier alpha value is -2.87. The summed E-state index contributed by atoms with van der Waals surface area (Å²) in [6.45, 7) is 6.02. The third kappa shape index (κ3) is 7.56. The number of carbonyl (C=O) groups excluding carboxylic acids is 1. The molecule has 0 unspecified atom stereocenters. The molecule has 1 heterocycles. The molecule has 3 aromatic carbocycles. The van der Waals surface area contributed by atoms with Gasteiger partial charge in [0, 0.05) is 42.8 Å². The van der Waals surface area contributed by atoms with E-state index in [1.54, 1.807) is 7.11 Å². The van der Waals surface area contributed by atoms with Crippen molar-refractivity contribution in [2.24, 2.45) is 0 Å². The van der Waals surface area contributed by atoms with Gasteiger partial charge in [0.15, 0.2) is 11.5 Å². The molecule has 0 saturated carbocycles. The molecule has 0 spiro atoms. The number of amides is 1. The van der Waals surface area contributed by atoms with Gasteiger partial charge in [0.05, 0.1) is 20.3 Å². The van der Waals surface area contributed by atoms with Gasteiger partial charge in [-0.2, -0.15) is 0 Å². The van der Waals surface area contributed by atoms with E-state index in [2.05, 4.69) is 20.8 Å². The fraction of sp³-hybridized carbons (Fsp3) is 0.345. The summed E-state index contributed by atoms with van der Waals surface area (Å²) in [6.07, 6.45) is 0.900. The molecule has 190 valence electrons. The molecule has 1 aliphatic rings. The number of benzene rings is 3. The number of halogens is 1. The Balaban J connectivity index is 1.45. The summed E-state index contributed by atoms with van der Waals surface area (Å²) in [5, 5.41) is 0. The van der Waals surface area contributed by atoms with E-state index in [-0.39, 0.29) is 5.91 Å². The summed E-state index contributed by atoms with van der Waals surface area (Å²) in [4.78, 5) is 17.8. The van der Waals surface area contributed by atoms with Gasteiger partial charge in [0.2, 0.25) is 0 Å². The van der Waals surface area contributed by atoms with Gasteiger partial charge in [-0.05, 0) is 53.9 Å². The van der Waals surface area contributed by atoms with E-state index in [0.29, 0.717) is 36.8 Å². The van der Waals surface area contributed by atoms with Gasteiger partial charge < -0.3 is 19.1 Å². The smallest absolute Gasteiger partial charge is 0.254 e. The van der Waals surface area contributed by atoms with E-state index in [0.717, 1.165) is 54.9 Å². The number of morpholine rings is 1. The van der Waals surface area contributed by atoms with Crippen LogP contribution in [-0.2, 0) is 17.9 Å². The average Bonchev–Trinajstić information content (AvgIpc) is 2.93. The molecule has 0 bridgehead atoms. The van der Waals surface area contributed by atoms with Crippen LogP contribution in [0.1, 0.15) is 27.9 Å². The number of rotatable bonds is 11. The van der Waals surface area contributed by atoms with Gasteiger partial charge in [0.25, 0.3) is 5.91 Å². The maximum Gasteiger partial charge on any atom is 0.254 e. The monoisotopic (exact) mass is 552 g/mol. The first-order chi connectivity index (χ1) is 17.6. The van der Waals surface area contributed by atoms with E-state index in [4.69, 9.17) is 14.2 Å². The lowest BCUT2D eigenvalue weighted by Gasteiger charge is -2.28. The Morgan fingerprint density at radius 1 is 0.972 bits per heavy atom. The number of ether oxygens (including phenoxy) is 3. The van der Waals surface area contributed by atoms with Crippen molar-refractivity contribution in [3.8, 4) is 11.5 Å². The summed E-state index contributed by atoms with van der Waals surface area (Å²) in [5.74, 6) is 1.36. The molecule has 4 rings (SSSR count). The third-order valence-electron chi connectivity index (χ3n) is 6.22. The van der Waals surface area contributed by atoms with Crippen molar-refractivity contribution in [3.05, 3.63) is 94.0 Å². The highest BCUT2D eigenvalue weighted by atomic mass is 79.9. The summed E-state index contributed by atoms with van der Waals surface area (Å²) in [6, 6.07) is 23.5. The average molecular weight is 553 g/mol. The van der Waals surface area contributed by atoms with Crippen LogP contribution in [0.15, 0.2) is 77.3 Å².